The van der Waals surface area contributed by atoms with E-state index in [0.29, 0.717) is 5.82 Å². The fourth-order valence-electron chi connectivity index (χ4n) is 5.66. The summed E-state index contributed by atoms with van der Waals surface area (Å²) in [6.07, 6.45) is 0. The molecule has 6 aromatic carbocycles. The van der Waals surface area contributed by atoms with E-state index in [0.717, 1.165) is 28.3 Å². The monoisotopic (exact) mass is 512 g/mol. The van der Waals surface area contributed by atoms with E-state index >= 15 is 0 Å². The number of rotatable bonds is 4. The summed E-state index contributed by atoms with van der Waals surface area (Å²) < 4.78 is 4.29. The second kappa shape index (κ2) is 9.07. The van der Waals surface area contributed by atoms with Gasteiger partial charge in [0, 0.05) is 27.6 Å². The van der Waals surface area contributed by atoms with Crippen molar-refractivity contribution in [3.63, 3.8) is 0 Å². The molecule has 0 radical (unpaired) electrons. The zero-order valence-corrected chi connectivity index (χ0v) is 21.6. The number of aromatic nitrogens is 4. The average Bonchev–Trinajstić information content (AvgIpc) is 3.62. The SMILES string of the molecule is c1ccc(-c2nc(-c3ccc4ccccc4c3)n(-c3ccc(-n4c5ccccc5c5ccccc54)cc3)n2)cc1. The third-order valence-corrected chi connectivity index (χ3v) is 7.58. The maximum atomic E-state index is 5.03. The van der Waals surface area contributed by atoms with Gasteiger partial charge >= 0.3 is 0 Å². The summed E-state index contributed by atoms with van der Waals surface area (Å²) in [4.78, 5) is 5.03. The minimum absolute atomic E-state index is 0.704. The Morgan fingerprint density at radius 2 is 1.05 bits per heavy atom. The van der Waals surface area contributed by atoms with Gasteiger partial charge in [-0.1, -0.05) is 103 Å². The lowest BCUT2D eigenvalue weighted by Gasteiger charge is -2.11. The molecule has 0 unspecified atom stereocenters. The van der Waals surface area contributed by atoms with E-state index < -0.39 is 0 Å². The Bertz CT molecular complexity index is 2100. The molecule has 188 valence electrons. The number of hydrogen-bond donors (Lipinski definition) is 0. The van der Waals surface area contributed by atoms with Crippen molar-refractivity contribution >= 4 is 32.6 Å². The summed E-state index contributed by atoms with van der Waals surface area (Å²) in [6.45, 7) is 0. The van der Waals surface area contributed by atoms with Crippen LogP contribution in [0.1, 0.15) is 0 Å². The Morgan fingerprint density at radius 1 is 0.450 bits per heavy atom. The predicted molar refractivity (Wildman–Crippen MR) is 164 cm³/mol. The van der Waals surface area contributed by atoms with Gasteiger partial charge in [0.05, 0.1) is 16.7 Å². The molecule has 0 aliphatic rings. The normalized spacial score (nSPS) is 11.5. The van der Waals surface area contributed by atoms with Gasteiger partial charge in [0.2, 0.25) is 0 Å². The van der Waals surface area contributed by atoms with Crippen LogP contribution in [0.15, 0.2) is 146 Å². The van der Waals surface area contributed by atoms with Crippen LogP contribution >= 0.6 is 0 Å². The molecule has 4 heteroatoms. The molecule has 0 aliphatic heterocycles. The molecule has 0 amide bonds. The number of benzene rings is 6. The molecule has 8 rings (SSSR count). The van der Waals surface area contributed by atoms with Crippen LogP contribution < -0.4 is 0 Å². The molecule has 2 aromatic heterocycles. The molecular formula is C36H24N4. The van der Waals surface area contributed by atoms with E-state index in [1.54, 1.807) is 0 Å². The highest BCUT2D eigenvalue weighted by atomic mass is 15.4. The molecule has 8 aromatic rings. The lowest BCUT2D eigenvalue weighted by atomic mass is 10.1. The molecule has 0 atom stereocenters. The molecule has 0 bridgehead atoms. The summed E-state index contributed by atoms with van der Waals surface area (Å²) in [7, 11) is 0. The van der Waals surface area contributed by atoms with E-state index in [1.807, 2.05) is 22.9 Å². The Balaban J connectivity index is 1.29. The van der Waals surface area contributed by atoms with Gasteiger partial charge in [-0.25, -0.2) is 9.67 Å². The van der Waals surface area contributed by atoms with Gasteiger partial charge in [0.15, 0.2) is 11.6 Å². The highest BCUT2D eigenvalue weighted by molar-refractivity contribution is 6.09. The van der Waals surface area contributed by atoms with Crippen molar-refractivity contribution in [2.24, 2.45) is 0 Å². The molecule has 40 heavy (non-hydrogen) atoms. The zero-order valence-electron chi connectivity index (χ0n) is 21.6. The van der Waals surface area contributed by atoms with Crippen LogP contribution in [0.2, 0.25) is 0 Å². The third-order valence-electron chi connectivity index (χ3n) is 7.58. The van der Waals surface area contributed by atoms with Gasteiger partial charge in [0.1, 0.15) is 0 Å². The topological polar surface area (TPSA) is 35.6 Å². The average molecular weight is 513 g/mol. The molecular weight excluding hydrogens is 488 g/mol. The fraction of sp³-hybridized carbons (Fsp3) is 0. The van der Waals surface area contributed by atoms with E-state index in [-0.39, 0.29) is 0 Å². The molecule has 0 saturated carbocycles. The van der Waals surface area contributed by atoms with Crippen molar-refractivity contribution in [1.29, 1.82) is 0 Å². The molecule has 0 fully saturated rings. The first-order valence-corrected chi connectivity index (χ1v) is 13.4. The molecule has 0 aliphatic carbocycles. The molecule has 0 spiro atoms. The van der Waals surface area contributed by atoms with Crippen molar-refractivity contribution in [2.75, 3.05) is 0 Å². The lowest BCUT2D eigenvalue weighted by Crippen LogP contribution is -2.01. The first-order valence-electron chi connectivity index (χ1n) is 13.4. The number of para-hydroxylation sites is 2. The van der Waals surface area contributed by atoms with Crippen LogP contribution in [0.3, 0.4) is 0 Å². The second-order valence-corrected chi connectivity index (χ2v) is 9.98. The zero-order chi connectivity index (χ0) is 26.5. The smallest absolute Gasteiger partial charge is 0.182 e. The summed E-state index contributed by atoms with van der Waals surface area (Å²) in [5.74, 6) is 1.52. The van der Waals surface area contributed by atoms with Gasteiger partial charge in [-0.2, -0.15) is 0 Å². The number of nitrogens with zero attached hydrogens (tertiary/aromatic N) is 4. The van der Waals surface area contributed by atoms with E-state index in [4.69, 9.17) is 10.1 Å². The quantitative estimate of drug-likeness (QED) is 0.236. The highest BCUT2D eigenvalue weighted by Crippen LogP contribution is 2.33. The Morgan fingerprint density at radius 3 is 1.77 bits per heavy atom. The van der Waals surface area contributed by atoms with Gasteiger partial charge < -0.3 is 4.57 Å². The standard InChI is InChI=1S/C36H24N4/c1-2-11-26(12-3-1)35-37-36(28-19-18-25-10-4-5-13-27(25)24-28)40(38-35)30-22-20-29(21-23-30)39-33-16-8-6-14-31(33)32-15-7-9-17-34(32)39/h1-24H. The van der Waals surface area contributed by atoms with Crippen LogP contribution in [0.5, 0.6) is 0 Å². The van der Waals surface area contributed by atoms with Crippen molar-refractivity contribution in [3.05, 3.63) is 146 Å². The van der Waals surface area contributed by atoms with Crippen LogP contribution in [-0.2, 0) is 0 Å². The largest absolute Gasteiger partial charge is 0.309 e. The first kappa shape index (κ1) is 22.5. The Kier molecular flexibility index (Phi) is 5.10. The Labute approximate surface area is 231 Å². The number of hydrogen-bond acceptors (Lipinski definition) is 2. The minimum atomic E-state index is 0.704. The number of fused-ring (bicyclic) bond motifs is 4. The van der Waals surface area contributed by atoms with Crippen LogP contribution in [-0.4, -0.2) is 19.3 Å². The van der Waals surface area contributed by atoms with Crippen LogP contribution in [0.4, 0.5) is 0 Å². The first-order chi connectivity index (χ1) is 19.8. The van der Waals surface area contributed by atoms with Gasteiger partial charge in [-0.3, -0.25) is 0 Å². The maximum Gasteiger partial charge on any atom is 0.182 e. The van der Waals surface area contributed by atoms with Crippen molar-refractivity contribution in [3.8, 4) is 34.2 Å². The molecule has 2 heterocycles. The van der Waals surface area contributed by atoms with Gasteiger partial charge in [-0.05, 0) is 53.2 Å². The summed E-state index contributed by atoms with van der Waals surface area (Å²) in [5.41, 5.74) is 6.48. The van der Waals surface area contributed by atoms with E-state index in [1.165, 1.54) is 32.6 Å². The van der Waals surface area contributed by atoms with E-state index in [9.17, 15) is 0 Å². The summed E-state index contributed by atoms with van der Waals surface area (Å²) >= 11 is 0. The second-order valence-electron chi connectivity index (χ2n) is 9.98. The molecule has 4 nitrogen and oxygen atoms in total. The Hall–Kier alpha value is -5.48. The predicted octanol–water partition coefficient (Wildman–Crippen LogP) is 8.85. The fourth-order valence-corrected chi connectivity index (χ4v) is 5.66. The van der Waals surface area contributed by atoms with Crippen LogP contribution in [0.25, 0.3) is 66.7 Å². The third kappa shape index (κ3) is 3.62. The van der Waals surface area contributed by atoms with Gasteiger partial charge in [0.25, 0.3) is 0 Å². The van der Waals surface area contributed by atoms with E-state index in [2.05, 4.69) is 132 Å². The summed E-state index contributed by atoms with van der Waals surface area (Å²) in [6, 6.07) is 50.8. The minimum Gasteiger partial charge on any atom is -0.309 e. The molecule has 0 saturated heterocycles. The lowest BCUT2D eigenvalue weighted by molar-refractivity contribution is 0.890. The van der Waals surface area contributed by atoms with Crippen molar-refractivity contribution < 1.29 is 0 Å². The highest BCUT2D eigenvalue weighted by Gasteiger charge is 2.17. The van der Waals surface area contributed by atoms with Crippen molar-refractivity contribution in [1.82, 2.24) is 19.3 Å². The van der Waals surface area contributed by atoms with Gasteiger partial charge in [-0.15, -0.1) is 5.10 Å². The molecule has 0 N–H and O–H groups in total. The maximum absolute atomic E-state index is 5.03. The van der Waals surface area contributed by atoms with Crippen LogP contribution in [0, 0.1) is 0 Å². The van der Waals surface area contributed by atoms with Crippen molar-refractivity contribution in [2.45, 2.75) is 0 Å². The summed E-state index contributed by atoms with van der Waals surface area (Å²) in [5, 5.41) is 9.89.